The Kier molecular flexibility index (Phi) is 7.55. The van der Waals surface area contributed by atoms with Crippen molar-refractivity contribution < 1.29 is 0 Å². The van der Waals surface area contributed by atoms with Crippen molar-refractivity contribution in [1.82, 2.24) is 9.38 Å². The first-order valence-corrected chi connectivity index (χ1v) is 19.7. The van der Waals surface area contributed by atoms with Crippen LogP contribution in [0.15, 0.2) is 194 Å². The van der Waals surface area contributed by atoms with Crippen LogP contribution >= 0.6 is 0 Å². The van der Waals surface area contributed by atoms with E-state index in [1.807, 2.05) is 6.07 Å². The molecule has 1 N–H and O–H groups in total. The fourth-order valence-electron chi connectivity index (χ4n) is 9.19. The highest BCUT2D eigenvalue weighted by Gasteiger charge is 2.35. The molecule has 0 bridgehead atoms. The lowest BCUT2D eigenvalue weighted by Crippen LogP contribution is -2.19. The third kappa shape index (κ3) is 5.40. The SMILES string of the molecule is CC1(C)c2ccccc2-c2cc(N(c3ccc(-c4ccccc4)cc3)c3ccc(-c4cccc(C5Nc6c(nc7ccccn67)-c6ccccc65)c4)cc3)ccc21. The Morgan fingerprint density at radius 3 is 1.91 bits per heavy atom. The number of rotatable bonds is 6. The Morgan fingerprint density at radius 1 is 0.509 bits per heavy atom. The average Bonchev–Trinajstić information content (AvgIpc) is 3.76. The van der Waals surface area contributed by atoms with E-state index in [1.54, 1.807) is 0 Å². The summed E-state index contributed by atoms with van der Waals surface area (Å²) >= 11 is 0. The molecule has 4 nitrogen and oxygen atoms in total. The van der Waals surface area contributed by atoms with Gasteiger partial charge in [0, 0.05) is 34.2 Å². The number of aromatic nitrogens is 2. The molecule has 1 unspecified atom stereocenters. The van der Waals surface area contributed by atoms with Gasteiger partial charge in [-0.1, -0.05) is 147 Å². The van der Waals surface area contributed by atoms with Gasteiger partial charge in [0.05, 0.1) is 6.04 Å². The van der Waals surface area contributed by atoms with Crippen molar-refractivity contribution in [2.45, 2.75) is 25.3 Å². The molecule has 2 aromatic heterocycles. The van der Waals surface area contributed by atoms with E-state index in [1.165, 1.54) is 61.2 Å². The number of hydrogen-bond acceptors (Lipinski definition) is 3. The van der Waals surface area contributed by atoms with Crippen molar-refractivity contribution in [2.75, 3.05) is 10.2 Å². The molecule has 0 saturated carbocycles. The molecular weight excluding hydrogens is 693 g/mol. The molecule has 3 heterocycles. The van der Waals surface area contributed by atoms with Crippen LogP contribution in [0.5, 0.6) is 0 Å². The second-order valence-electron chi connectivity index (χ2n) is 15.7. The van der Waals surface area contributed by atoms with Gasteiger partial charge in [-0.2, -0.15) is 0 Å². The van der Waals surface area contributed by atoms with Crippen LogP contribution in [0.4, 0.5) is 22.9 Å². The van der Waals surface area contributed by atoms with Gasteiger partial charge in [-0.05, 0) is 110 Å². The van der Waals surface area contributed by atoms with E-state index in [9.17, 15) is 0 Å². The van der Waals surface area contributed by atoms with Crippen molar-refractivity contribution in [3.8, 4) is 44.6 Å². The van der Waals surface area contributed by atoms with Crippen molar-refractivity contribution in [3.63, 3.8) is 0 Å². The number of pyridine rings is 1. The van der Waals surface area contributed by atoms with Crippen LogP contribution in [0.1, 0.15) is 42.1 Å². The lowest BCUT2D eigenvalue weighted by atomic mass is 9.82. The first-order chi connectivity index (χ1) is 28.0. The summed E-state index contributed by atoms with van der Waals surface area (Å²) < 4.78 is 2.16. The molecule has 1 atom stereocenters. The number of hydrogen-bond donors (Lipinski definition) is 1. The molecule has 272 valence electrons. The molecule has 0 fully saturated rings. The van der Waals surface area contributed by atoms with E-state index < -0.39 is 0 Å². The van der Waals surface area contributed by atoms with Gasteiger partial charge in [-0.3, -0.25) is 4.40 Å². The van der Waals surface area contributed by atoms with Crippen LogP contribution in [-0.2, 0) is 5.41 Å². The van der Waals surface area contributed by atoms with Crippen LogP contribution in [0.3, 0.4) is 0 Å². The van der Waals surface area contributed by atoms with Gasteiger partial charge in [-0.25, -0.2) is 4.98 Å². The molecule has 57 heavy (non-hydrogen) atoms. The molecule has 2 aliphatic rings. The normalized spacial score (nSPS) is 14.6. The standard InChI is InChI=1S/C53H40N4/c1-53(2)47-20-9-8-17-43(47)46-34-42(30-31-48(46)53)57(40-26-22-36(23-27-40)35-13-4-3-5-14-35)41-28-24-37(25-29-41)38-15-12-16-39(33-38)50-44-18-6-7-19-45(44)51-52(55-50)56-32-11-10-21-49(56)54-51/h3-34,50,55H,1-2H3. The molecule has 1 aliphatic heterocycles. The zero-order valence-electron chi connectivity index (χ0n) is 31.9. The van der Waals surface area contributed by atoms with Crippen molar-refractivity contribution in [3.05, 3.63) is 217 Å². The quantitative estimate of drug-likeness (QED) is 0.185. The number of imidazole rings is 1. The molecule has 0 radical (unpaired) electrons. The lowest BCUT2D eigenvalue weighted by molar-refractivity contribution is 0.660. The van der Waals surface area contributed by atoms with Gasteiger partial charge >= 0.3 is 0 Å². The highest BCUT2D eigenvalue weighted by molar-refractivity contribution is 5.88. The smallest absolute Gasteiger partial charge is 0.139 e. The third-order valence-corrected chi connectivity index (χ3v) is 12.1. The first-order valence-electron chi connectivity index (χ1n) is 19.7. The Bertz CT molecular complexity index is 2960. The Balaban J connectivity index is 0.972. The summed E-state index contributed by atoms with van der Waals surface area (Å²) in [5.74, 6) is 1.03. The topological polar surface area (TPSA) is 32.6 Å². The maximum atomic E-state index is 5.00. The maximum absolute atomic E-state index is 5.00. The Labute approximate surface area is 333 Å². The summed E-state index contributed by atoms with van der Waals surface area (Å²) in [5.41, 5.74) is 19.0. The fourth-order valence-corrected chi connectivity index (χ4v) is 9.19. The first kappa shape index (κ1) is 33.2. The number of benzene rings is 7. The number of nitrogens with one attached hydrogen (secondary N) is 1. The minimum atomic E-state index is -0.0486. The molecule has 1 aliphatic carbocycles. The summed E-state index contributed by atoms with van der Waals surface area (Å²) in [7, 11) is 0. The van der Waals surface area contributed by atoms with Gasteiger partial charge < -0.3 is 10.2 Å². The Hall–Kier alpha value is -7.17. The monoisotopic (exact) mass is 732 g/mol. The van der Waals surface area contributed by atoms with E-state index >= 15 is 0 Å². The summed E-state index contributed by atoms with van der Waals surface area (Å²) in [6.07, 6.45) is 2.08. The summed E-state index contributed by atoms with van der Waals surface area (Å²) in [6, 6.07) is 68.2. The Morgan fingerprint density at radius 2 is 1.12 bits per heavy atom. The second kappa shape index (κ2) is 13.0. The number of fused-ring (bicyclic) bond motifs is 8. The van der Waals surface area contributed by atoms with Gasteiger partial charge in [0.1, 0.15) is 17.2 Å². The molecule has 0 amide bonds. The average molecular weight is 733 g/mol. The lowest BCUT2D eigenvalue weighted by Gasteiger charge is -2.28. The van der Waals surface area contributed by atoms with E-state index in [4.69, 9.17) is 4.98 Å². The summed E-state index contributed by atoms with van der Waals surface area (Å²) in [6.45, 7) is 4.68. The molecule has 7 aromatic carbocycles. The van der Waals surface area contributed by atoms with Gasteiger partial charge in [0.25, 0.3) is 0 Å². The fraction of sp³-hybridized carbons (Fsp3) is 0.0755. The van der Waals surface area contributed by atoms with E-state index in [2.05, 4.69) is 217 Å². The van der Waals surface area contributed by atoms with Crippen molar-refractivity contribution in [1.29, 1.82) is 0 Å². The van der Waals surface area contributed by atoms with Gasteiger partial charge in [0.15, 0.2) is 0 Å². The number of anilines is 4. The zero-order chi connectivity index (χ0) is 38.1. The van der Waals surface area contributed by atoms with Crippen molar-refractivity contribution >= 4 is 28.5 Å². The predicted octanol–water partition coefficient (Wildman–Crippen LogP) is 13.6. The zero-order valence-corrected chi connectivity index (χ0v) is 31.9. The van der Waals surface area contributed by atoms with Crippen LogP contribution in [0.2, 0.25) is 0 Å². The molecule has 9 aromatic rings. The van der Waals surface area contributed by atoms with E-state index in [0.29, 0.717) is 0 Å². The third-order valence-electron chi connectivity index (χ3n) is 12.1. The maximum Gasteiger partial charge on any atom is 0.139 e. The van der Waals surface area contributed by atoms with Crippen molar-refractivity contribution in [2.24, 2.45) is 0 Å². The number of nitrogens with zero attached hydrogens (tertiary/aromatic N) is 3. The van der Waals surface area contributed by atoms with Crippen LogP contribution < -0.4 is 10.2 Å². The molecule has 11 rings (SSSR count). The molecule has 0 spiro atoms. The second-order valence-corrected chi connectivity index (χ2v) is 15.7. The van der Waals surface area contributed by atoms with Gasteiger partial charge in [-0.15, -0.1) is 0 Å². The summed E-state index contributed by atoms with van der Waals surface area (Å²) in [5, 5.41) is 3.87. The molecular formula is C53H40N4. The minimum absolute atomic E-state index is 0.0164. The highest BCUT2D eigenvalue weighted by atomic mass is 15.2. The highest BCUT2D eigenvalue weighted by Crippen LogP contribution is 2.51. The van der Waals surface area contributed by atoms with Crippen LogP contribution in [0, 0.1) is 0 Å². The molecule has 0 saturated heterocycles. The summed E-state index contributed by atoms with van der Waals surface area (Å²) in [4.78, 5) is 7.39. The van der Waals surface area contributed by atoms with E-state index in [-0.39, 0.29) is 11.5 Å². The molecule has 4 heteroatoms. The van der Waals surface area contributed by atoms with Crippen LogP contribution in [-0.4, -0.2) is 9.38 Å². The predicted molar refractivity (Wildman–Crippen MR) is 236 cm³/mol. The largest absolute Gasteiger partial charge is 0.358 e. The van der Waals surface area contributed by atoms with Crippen LogP contribution in [0.25, 0.3) is 50.3 Å². The minimum Gasteiger partial charge on any atom is -0.358 e. The van der Waals surface area contributed by atoms with Gasteiger partial charge in [0.2, 0.25) is 0 Å². The van der Waals surface area contributed by atoms with E-state index in [0.717, 1.165) is 34.2 Å².